The number of ether oxygens (including phenoxy) is 1. The molecule has 0 aliphatic carbocycles. The summed E-state index contributed by atoms with van der Waals surface area (Å²) in [7, 11) is 0. The maximum atomic E-state index is 5.79. The first-order chi connectivity index (χ1) is 6.36. The molecular formula is C7H10ClN3OS. The molecule has 0 spiro atoms. The van der Waals surface area contributed by atoms with Crippen molar-refractivity contribution in [2.75, 3.05) is 18.5 Å². The molecule has 0 saturated carbocycles. The molecule has 72 valence electrons. The Labute approximate surface area is 85.6 Å². The zero-order valence-electron chi connectivity index (χ0n) is 6.99. The molecule has 1 N–H and O–H groups in total. The molecular weight excluding hydrogens is 210 g/mol. The van der Waals surface area contributed by atoms with E-state index >= 15 is 0 Å². The van der Waals surface area contributed by atoms with Crippen LogP contribution in [0, 0.1) is 0 Å². The predicted octanol–water partition coefficient (Wildman–Crippen LogP) is 1.78. The van der Waals surface area contributed by atoms with Crippen molar-refractivity contribution in [1.82, 2.24) is 8.75 Å². The average Bonchev–Trinajstić information content (AvgIpc) is 2.54. The Hall–Kier alpha value is -0.390. The summed E-state index contributed by atoms with van der Waals surface area (Å²) >= 11 is 6.91. The van der Waals surface area contributed by atoms with Gasteiger partial charge in [0.2, 0.25) is 0 Å². The third kappa shape index (κ3) is 2.30. The van der Waals surface area contributed by atoms with Crippen molar-refractivity contribution in [2.24, 2.45) is 0 Å². The van der Waals surface area contributed by atoms with Crippen molar-refractivity contribution in [3.05, 3.63) is 5.15 Å². The molecule has 2 rings (SSSR count). The van der Waals surface area contributed by atoms with Gasteiger partial charge >= 0.3 is 0 Å². The van der Waals surface area contributed by atoms with E-state index in [4.69, 9.17) is 16.3 Å². The summed E-state index contributed by atoms with van der Waals surface area (Å²) in [5, 5.41) is 3.66. The number of aromatic nitrogens is 2. The van der Waals surface area contributed by atoms with Gasteiger partial charge in [0.1, 0.15) is 0 Å². The number of hydrogen-bond donors (Lipinski definition) is 1. The van der Waals surface area contributed by atoms with Crippen LogP contribution in [-0.2, 0) is 4.74 Å². The molecule has 6 heteroatoms. The van der Waals surface area contributed by atoms with E-state index in [2.05, 4.69) is 14.1 Å². The van der Waals surface area contributed by atoms with E-state index in [0.29, 0.717) is 17.0 Å². The molecule has 1 saturated heterocycles. The van der Waals surface area contributed by atoms with Crippen molar-refractivity contribution < 1.29 is 4.74 Å². The third-order valence-corrected chi connectivity index (χ3v) is 2.84. The topological polar surface area (TPSA) is 47.0 Å². The molecule has 0 radical (unpaired) electrons. The molecule has 0 bridgehead atoms. The SMILES string of the molecule is Clc1nsnc1NC1CCCOC1. The first-order valence-electron chi connectivity index (χ1n) is 4.18. The highest BCUT2D eigenvalue weighted by Crippen LogP contribution is 2.20. The van der Waals surface area contributed by atoms with Crippen LogP contribution in [0.25, 0.3) is 0 Å². The molecule has 1 aliphatic rings. The fourth-order valence-electron chi connectivity index (χ4n) is 1.31. The van der Waals surface area contributed by atoms with E-state index in [-0.39, 0.29) is 0 Å². The first kappa shape index (κ1) is 9.18. The molecule has 0 aromatic carbocycles. The standard InChI is InChI=1S/C7H10ClN3OS/c8-6-7(11-13-10-6)9-5-2-1-3-12-4-5/h5H,1-4H2,(H,9,11). The summed E-state index contributed by atoms with van der Waals surface area (Å²) < 4.78 is 13.2. The fraction of sp³-hybridized carbons (Fsp3) is 0.714. The van der Waals surface area contributed by atoms with Gasteiger partial charge < -0.3 is 10.1 Å². The van der Waals surface area contributed by atoms with Gasteiger partial charge in [-0.25, -0.2) is 0 Å². The van der Waals surface area contributed by atoms with Gasteiger partial charge in [0.25, 0.3) is 0 Å². The summed E-state index contributed by atoms with van der Waals surface area (Å²) in [6.07, 6.45) is 2.20. The molecule has 1 aromatic heterocycles. The smallest absolute Gasteiger partial charge is 0.186 e. The van der Waals surface area contributed by atoms with Crippen molar-refractivity contribution in [3.8, 4) is 0 Å². The first-order valence-corrected chi connectivity index (χ1v) is 5.29. The zero-order valence-corrected chi connectivity index (χ0v) is 8.57. The number of nitrogens with one attached hydrogen (secondary N) is 1. The fourth-order valence-corrected chi connectivity index (χ4v) is 1.97. The van der Waals surface area contributed by atoms with Crippen LogP contribution < -0.4 is 5.32 Å². The van der Waals surface area contributed by atoms with Gasteiger partial charge in [-0.15, -0.1) is 0 Å². The Bertz CT molecular complexity index is 274. The second kappa shape index (κ2) is 4.21. The van der Waals surface area contributed by atoms with Crippen LogP contribution in [0.15, 0.2) is 0 Å². The van der Waals surface area contributed by atoms with Crippen LogP contribution >= 0.6 is 23.3 Å². The van der Waals surface area contributed by atoms with Crippen LogP contribution in [0.4, 0.5) is 5.82 Å². The lowest BCUT2D eigenvalue weighted by Crippen LogP contribution is -2.30. The summed E-state index contributed by atoms with van der Waals surface area (Å²) in [5.41, 5.74) is 0. The van der Waals surface area contributed by atoms with E-state index in [1.807, 2.05) is 0 Å². The number of nitrogens with zero attached hydrogens (tertiary/aromatic N) is 2. The largest absolute Gasteiger partial charge is 0.379 e. The second-order valence-electron chi connectivity index (χ2n) is 2.96. The molecule has 1 aromatic rings. The molecule has 4 nitrogen and oxygen atoms in total. The maximum absolute atomic E-state index is 5.79. The quantitative estimate of drug-likeness (QED) is 0.824. The van der Waals surface area contributed by atoms with Gasteiger partial charge in [0, 0.05) is 6.61 Å². The Balaban J connectivity index is 1.93. The summed E-state index contributed by atoms with van der Waals surface area (Å²) in [5.74, 6) is 0.683. The van der Waals surface area contributed by atoms with E-state index in [9.17, 15) is 0 Å². The van der Waals surface area contributed by atoms with Crippen molar-refractivity contribution in [1.29, 1.82) is 0 Å². The molecule has 1 aliphatic heterocycles. The van der Waals surface area contributed by atoms with Gasteiger partial charge in [-0.1, -0.05) is 11.6 Å². The van der Waals surface area contributed by atoms with Crippen molar-refractivity contribution in [3.63, 3.8) is 0 Å². The average molecular weight is 220 g/mol. The third-order valence-electron chi connectivity index (χ3n) is 1.95. The van der Waals surface area contributed by atoms with Crippen LogP contribution in [0.2, 0.25) is 5.15 Å². The van der Waals surface area contributed by atoms with Crippen LogP contribution in [0.3, 0.4) is 0 Å². The van der Waals surface area contributed by atoms with Gasteiger partial charge in [0.05, 0.1) is 24.4 Å². The van der Waals surface area contributed by atoms with Crippen LogP contribution in [0.1, 0.15) is 12.8 Å². The van der Waals surface area contributed by atoms with Crippen molar-refractivity contribution in [2.45, 2.75) is 18.9 Å². The Morgan fingerprint density at radius 2 is 2.46 bits per heavy atom. The molecule has 1 fully saturated rings. The van der Waals surface area contributed by atoms with Gasteiger partial charge in [-0.05, 0) is 12.8 Å². The zero-order chi connectivity index (χ0) is 9.10. The van der Waals surface area contributed by atoms with Crippen molar-refractivity contribution >= 4 is 29.1 Å². The molecule has 0 amide bonds. The highest BCUT2D eigenvalue weighted by Gasteiger charge is 2.16. The van der Waals surface area contributed by atoms with E-state index in [0.717, 1.165) is 37.8 Å². The van der Waals surface area contributed by atoms with Gasteiger partial charge in [-0.3, -0.25) is 0 Å². The minimum absolute atomic E-state index is 0.329. The van der Waals surface area contributed by atoms with Crippen LogP contribution in [-0.4, -0.2) is 28.0 Å². The van der Waals surface area contributed by atoms with Gasteiger partial charge in [-0.2, -0.15) is 8.75 Å². The summed E-state index contributed by atoms with van der Waals surface area (Å²) in [6.45, 7) is 1.59. The van der Waals surface area contributed by atoms with E-state index < -0.39 is 0 Å². The highest BCUT2D eigenvalue weighted by atomic mass is 35.5. The monoisotopic (exact) mass is 219 g/mol. The minimum atomic E-state index is 0.329. The normalized spacial score (nSPS) is 23.0. The number of halogens is 1. The lowest BCUT2D eigenvalue weighted by atomic mass is 10.1. The Morgan fingerprint density at radius 1 is 1.54 bits per heavy atom. The minimum Gasteiger partial charge on any atom is -0.379 e. The lowest BCUT2D eigenvalue weighted by molar-refractivity contribution is 0.0875. The number of rotatable bonds is 2. The maximum Gasteiger partial charge on any atom is 0.186 e. The Morgan fingerprint density at radius 3 is 3.08 bits per heavy atom. The number of hydrogen-bond acceptors (Lipinski definition) is 5. The van der Waals surface area contributed by atoms with Gasteiger partial charge in [0.15, 0.2) is 11.0 Å². The second-order valence-corrected chi connectivity index (χ2v) is 3.85. The Kier molecular flexibility index (Phi) is 2.97. The molecule has 1 atom stereocenters. The lowest BCUT2D eigenvalue weighted by Gasteiger charge is -2.22. The summed E-state index contributed by atoms with van der Waals surface area (Å²) in [4.78, 5) is 0. The van der Waals surface area contributed by atoms with E-state index in [1.54, 1.807) is 0 Å². The number of anilines is 1. The molecule has 2 heterocycles. The molecule has 13 heavy (non-hydrogen) atoms. The molecule has 1 unspecified atom stereocenters. The van der Waals surface area contributed by atoms with E-state index in [1.165, 1.54) is 0 Å². The highest BCUT2D eigenvalue weighted by molar-refractivity contribution is 6.99. The van der Waals surface area contributed by atoms with Crippen LogP contribution in [0.5, 0.6) is 0 Å². The predicted molar refractivity (Wildman–Crippen MR) is 52.4 cm³/mol. The summed E-state index contributed by atoms with van der Waals surface area (Å²) in [6, 6.07) is 0.329.